The lowest BCUT2D eigenvalue weighted by Crippen LogP contribution is -2.70. The van der Waals surface area contributed by atoms with Crippen molar-refractivity contribution in [2.45, 2.75) is 258 Å². The van der Waals surface area contributed by atoms with Gasteiger partial charge in [-0.1, -0.05) is 198 Å². The van der Waals surface area contributed by atoms with Crippen molar-refractivity contribution in [3.05, 3.63) is 0 Å². The van der Waals surface area contributed by atoms with Crippen LogP contribution in [-0.4, -0.2) is 42.8 Å². The van der Waals surface area contributed by atoms with Gasteiger partial charge in [-0.25, -0.2) is 0 Å². The van der Waals surface area contributed by atoms with Crippen molar-refractivity contribution >= 4 is 42.8 Å². The number of rotatable bonds is 30. The fraction of sp³-hybridized carbons (Fsp3) is 1.00. The highest BCUT2D eigenvalue weighted by Gasteiger charge is 2.61. The number of hydrogen-bond donors (Lipinski definition) is 0. The summed E-state index contributed by atoms with van der Waals surface area (Å²) in [5.41, 5.74) is 0. The van der Waals surface area contributed by atoms with E-state index in [4.69, 9.17) is 20.6 Å². The Morgan fingerprint density at radius 3 is 0.380 bits per heavy atom. The third-order valence-corrected chi connectivity index (χ3v) is 37.0. The fourth-order valence-corrected chi connectivity index (χ4v) is 42.5. The molecule has 1 heterocycles. The maximum atomic E-state index is 8.23. The third kappa shape index (κ3) is 17.1. The van der Waals surface area contributed by atoms with Gasteiger partial charge in [-0.05, 0) is 60.4 Å². The van der Waals surface area contributed by atoms with Crippen LogP contribution < -0.4 is 0 Å². The average Bonchev–Trinajstić information content (AvgIpc) is 3.12. The third-order valence-electron chi connectivity index (χ3n) is 11.0. The lowest BCUT2D eigenvalue weighted by atomic mass is 10.4. The molecule has 0 aromatic rings. The molecule has 300 valence electrons. The average molecular weight is 792 g/mol. The number of unbranched alkanes of at least 4 members (excludes halogenated alkanes) is 10. The minimum atomic E-state index is -2.72. The summed E-state index contributed by atoms with van der Waals surface area (Å²) in [5.74, 6) is 0. The minimum absolute atomic E-state index is 1.11. The fourth-order valence-electron chi connectivity index (χ4n) is 7.91. The van der Waals surface area contributed by atoms with E-state index in [1.807, 2.05) is 0 Å². The Morgan fingerprint density at radius 2 is 0.300 bits per heavy atom. The van der Waals surface area contributed by atoms with Crippen molar-refractivity contribution in [3.63, 3.8) is 0 Å². The molecule has 0 saturated carbocycles. The number of hydrogen-bond acceptors (Lipinski definition) is 5. The maximum absolute atomic E-state index is 8.23. The smallest absolute Gasteiger partial charge is 0.320 e. The van der Waals surface area contributed by atoms with E-state index in [0.717, 1.165) is 60.4 Å². The Balaban J connectivity index is 4.45. The van der Waals surface area contributed by atoms with E-state index in [2.05, 4.69) is 69.2 Å². The van der Waals surface area contributed by atoms with Gasteiger partial charge in [-0.15, -0.1) is 0 Å². The molecule has 0 spiro atoms. The molecule has 0 aliphatic carbocycles. The van der Waals surface area contributed by atoms with Crippen molar-refractivity contribution in [2.75, 3.05) is 0 Å². The summed E-state index contributed by atoms with van der Waals surface area (Å²) in [7, 11) is -13.6. The Kier molecular flexibility index (Phi) is 26.9. The predicted molar refractivity (Wildman–Crippen MR) is 231 cm³/mol. The van der Waals surface area contributed by atoms with Crippen LogP contribution in [0.4, 0.5) is 0 Å². The first-order chi connectivity index (χ1) is 24.1. The molecule has 10 heteroatoms. The maximum Gasteiger partial charge on any atom is 0.320 e. The van der Waals surface area contributed by atoms with E-state index in [1.54, 1.807) is 0 Å². The second-order valence-electron chi connectivity index (χ2n) is 16.1. The second-order valence-corrected chi connectivity index (χ2v) is 34.3. The molecule has 0 radical (unpaired) electrons. The summed E-state index contributed by atoms with van der Waals surface area (Å²) in [6, 6.07) is 11.1. The Labute approximate surface area is 320 Å². The highest BCUT2D eigenvalue weighted by Crippen LogP contribution is 2.46. The lowest BCUT2D eigenvalue weighted by molar-refractivity contribution is 0.203. The van der Waals surface area contributed by atoms with Gasteiger partial charge in [0.15, 0.2) is 0 Å². The van der Waals surface area contributed by atoms with E-state index < -0.39 is 42.8 Å². The van der Waals surface area contributed by atoms with E-state index >= 15 is 0 Å². The van der Waals surface area contributed by atoms with Crippen LogP contribution in [0.25, 0.3) is 0 Å². The van der Waals surface area contributed by atoms with Gasteiger partial charge in [0, 0.05) is 0 Å². The molecule has 0 unspecified atom stereocenters. The molecule has 0 N–H and O–H groups in total. The standard InChI is InChI=1S/C40H90O5Si5/c1-11-21-31-46(32-22-12-2)41-47(33-23-13-3,34-24-14-4)43-49(37-27-17-7,38-28-18-8)45-50(39-29-19-9,40-30-20-10)44-48(42-46,35-25-15-5)36-26-16-6/h11-40H2,1-10H3. The van der Waals surface area contributed by atoms with Crippen LogP contribution in [0.15, 0.2) is 0 Å². The van der Waals surface area contributed by atoms with Gasteiger partial charge in [0.05, 0.1) is 0 Å². The molecule has 0 atom stereocenters. The second kappa shape index (κ2) is 27.5. The monoisotopic (exact) mass is 791 g/mol. The van der Waals surface area contributed by atoms with Crippen LogP contribution in [0.2, 0.25) is 60.4 Å². The first-order valence-corrected chi connectivity index (χ1v) is 33.8. The van der Waals surface area contributed by atoms with Crippen LogP contribution in [0, 0.1) is 0 Å². The molecule has 5 nitrogen and oxygen atoms in total. The van der Waals surface area contributed by atoms with Crippen LogP contribution in [-0.2, 0) is 20.6 Å². The van der Waals surface area contributed by atoms with Crippen LogP contribution >= 0.6 is 0 Å². The van der Waals surface area contributed by atoms with Gasteiger partial charge < -0.3 is 20.6 Å². The molecule has 0 bridgehead atoms. The Hall–Kier alpha value is 0.884. The summed E-state index contributed by atoms with van der Waals surface area (Å²) >= 11 is 0. The van der Waals surface area contributed by atoms with Gasteiger partial charge in [0.25, 0.3) is 0 Å². The summed E-state index contributed by atoms with van der Waals surface area (Å²) in [6.45, 7) is 23.6. The topological polar surface area (TPSA) is 46.2 Å². The van der Waals surface area contributed by atoms with Gasteiger partial charge in [-0.3, -0.25) is 0 Å². The quantitative estimate of drug-likeness (QED) is 0.0678. The normalized spacial score (nSPS) is 19.8. The highest BCUT2D eigenvalue weighted by molar-refractivity contribution is 6.95. The van der Waals surface area contributed by atoms with Crippen molar-refractivity contribution in [1.29, 1.82) is 0 Å². The largest absolute Gasteiger partial charge is 0.415 e. The Bertz CT molecular complexity index is 608. The molecule has 1 aliphatic rings. The molecule has 1 saturated heterocycles. The summed E-state index contributed by atoms with van der Waals surface area (Å²) in [5, 5.41) is 0. The van der Waals surface area contributed by atoms with E-state index in [0.29, 0.717) is 0 Å². The molecular weight excluding hydrogens is 701 g/mol. The Morgan fingerprint density at radius 1 is 0.200 bits per heavy atom. The van der Waals surface area contributed by atoms with Crippen molar-refractivity contribution in [3.8, 4) is 0 Å². The molecule has 0 aromatic heterocycles. The molecule has 1 rings (SSSR count). The molecule has 0 aromatic carbocycles. The van der Waals surface area contributed by atoms with E-state index in [1.165, 1.54) is 128 Å². The molecule has 1 aliphatic heterocycles. The first kappa shape index (κ1) is 48.9. The molecule has 1 fully saturated rings. The van der Waals surface area contributed by atoms with Gasteiger partial charge in [0.2, 0.25) is 0 Å². The zero-order valence-corrected chi connectivity index (χ0v) is 40.8. The van der Waals surface area contributed by atoms with Crippen molar-refractivity contribution < 1.29 is 20.6 Å². The summed E-state index contributed by atoms with van der Waals surface area (Å²) in [6.07, 6.45) is 23.7. The summed E-state index contributed by atoms with van der Waals surface area (Å²) in [4.78, 5) is 0. The SMILES string of the molecule is CCCC[Si]1(CCCC)O[Si](CCCC)(CCCC)O[Si](CCCC)(CCCC)O[Si](CCCC)(CCCC)O[Si](CCCC)(CCCC)O1. The van der Waals surface area contributed by atoms with E-state index in [-0.39, 0.29) is 0 Å². The first-order valence-electron chi connectivity index (χ1n) is 22.6. The highest BCUT2D eigenvalue weighted by atomic mass is 28.5. The molecule has 0 amide bonds. The van der Waals surface area contributed by atoms with Gasteiger partial charge >= 0.3 is 42.8 Å². The van der Waals surface area contributed by atoms with Gasteiger partial charge in [-0.2, -0.15) is 0 Å². The minimum Gasteiger partial charge on any atom is -0.415 e. The van der Waals surface area contributed by atoms with Gasteiger partial charge in [0.1, 0.15) is 0 Å². The van der Waals surface area contributed by atoms with Crippen molar-refractivity contribution in [1.82, 2.24) is 0 Å². The van der Waals surface area contributed by atoms with Crippen LogP contribution in [0.1, 0.15) is 198 Å². The summed E-state index contributed by atoms with van der Waals surface area (Å²) < 4.78 is 41.1. The lowest BCUT2D eigenvalue weighted by Gasteiger charge is -2.54. The van der Waals surface area contributed by atoms with Crippen LogP contribution in [0.5, 0.6) is 0 Å². The van der Waals surface area contributed by atoms with Crippen LogP contribution in [0.3, 0.4) is 0 Å². The predicted octanol–water partition coefficient (Wildman–Crippen LogP) is 15.3. The van der Waals surface area contributed by atoms with E-state index in [9.17, 15) is 0 Å². The zero-order valence-electron chi connectivity index (χ0n) is 35.8. The molecule has 50 heavy (non-hydrogen) atoms. The zero-order chi connectivity index (χ0) is 37.2. The van der Waals surface area contributed by atoms with Crippen molar-refractivity contribution in [2.24, 2.45) is 0 Å². The molecular formula is C40H90O5Si5.